The molecule has 1 aliphatic heterocycles. The number of carbonyl (C=O) groups is 1. The number of carbonyl (C=O) groups excluding carboxylic acids is 1. The zero-order valence-corrected chi connectivity index (χ0v) is 14.4. The molecule has 1 aliphatic rings. The van der Waals surface area contributed by atoms with Crippen LogP contribution in [0.3, 0.4) is 0 Å². The van der Waals surface area contributed by atoms with E-state index in [4.69, 9.17) is 0 Å². The van der Waals surface area contributed by atoms with Gasteiger partial charge in [0.05, 0.1) is 11.6 Å². The van der Waals surface area contributed by atoms with Gasteiger partial charge in [0.25, 0.3) is 5.56 Å². The van der Waals surface area contributed by atoms with E-state index in [0.717, 1.165) is 23.0 Å². The summed E-state index contributed by atoms with van der Waals surface area (Å²) < 4.78 is 2.36. The third kappa shape index (κ3) is 3.33. The average molecular weight is 339 g/mol. The average Bonchev–Trinajstić information content (AvgIpc) is 3.12. The van der Waals surface area contributed by atoms with E-state index in [1.165, 1.54) is 30.0 Å². The van der Waals surface area contributed by atoms with Gasteiger partial charge in [-0.05, 0) is 24.5 Å². The zero-order chi connectivity index (χ0) is 18.0. The predicted molar refractivity (Wildman–Crippen MR) is 96.1 cm³/mol. The molecule has 1 atom stereocenters. The molecule has 0 radical (unpaired) electrons. The van der Waals surface area contributed by atoms with E-state index in [2.05, 4.69) is 0 Å². The van der Waals surface area contributed by atoms with Gasteiger partial charge in [-0.15, -0.1) is 0 Å². The smallest absolute Gasteiger partial charge is 0.330 e. The van der Waals surface area contributed by atoms with Gasteiger partial charge in [-0.2, -0.15) is 0 Å². The van der Waals surface area contributed by atoms with E-state index in [1.807, 2.05) is 35.2 Å². The van der Waals surface area contributed by atoms with Crippen LogP contribution in [0, 0.1) is 0 Å². The van der Waals surface area contributed by atoms with Crippen LogP contribution in [-0.4, -0.2) is 26.5 Å². The van der Waals surface area contributed by atoms with Crippen LogP contribution >= 0.6 is 0 Å². The molecular weight excluding hydrogens is 318 g/mol. The first-order chi connectivity index (χ1) is 12.0. The molecule has 1 aromatic carbocycles. The third-order valence-electron chi connectivity index (χ3n) is 4.60. The SMILES string of the molecule is Cn1cc(/C=C/C(=O)N2CCCC2c2ccccc2)c(=O)n(C)c1=O. The Morgan fingerprint density at radius 2 is 1.88 bits per heavy atom. The fourth-order valence-electron chi connectivity index (χ4n) is 3.26. The monoisotopic (exact) mass is 339 g/mol. The molecule has 25 heavy (non-hydrogen) atoms. The Morgan fingerprint density at radius 1 is 1.16 bits per heavy atom. The largest absolute Gasteiger partial charge is 0.332 e. The first kappa shape index (κ1) is 17.0. The Hall–Kier alpha value is -2.89. The zero-order valence-electron chi connectivity index (χ0n) is 14.4. The first-order valence-electron chi connectivity index (χ1n) is 8.29. The van der Waals surface area contributed by atoms with Crippen LogP contribution in [-0.2, 0) is 18.9 Å². The Labute approximate surface area is 145 Å². The van der Waals surface area contributed by atoms with Gasteiger partial charge in [0.1, 0.15) is 0 Å². The van der Waals surface area contributed by atoms with Gasteiger partial charge in [0.15, 0.2) is 0 Å². The summed E-state index contributed by atoms with van der Waals surface area (Å²) in [5.41, 5.74) is 0.638. The normalized spacial score (nSPS) is 17.4. The second-order valence-corrected chi connectivity index (χ2v) is 6.28. The maximum Gasteiger partial charge on any atom is 0.330 e. The van der Waals surface area contributed by atoms with Crippen LogP contribution in [0.4, 0.5) is 0 Å². The van der Waals surface area contributed by atoms with Gasteiger partial charge in [0, 0.05) is 32.9 Å². The van der Waals surface area contributed by atoms with Crippen LogP contribution < -0.4 is 11.2 Å². The van der Waals surface area contributed by atoms with Gasteiger partial charge in [-0.25, -0.2) is 4.79 Å². The van der Waals surface area contributed by atoms with E-state index in [-0.39, 0.29) is 11.9 Å². The van der Waals surface area contributed by atoms with Crippen LogP contribution in [0.1, 0.15) is 30.0 Å². The molecule has 1 fully saturated rings. The van der Waals surface area contributed by atoms with Crippen LogP contribution in [0.5, 0.6) is 0 Å². The summed E-state index contributed by atoms with van der Waals surface area (Å²) in [6.07, 6.45) is 6.26. The van der Waals surface area contributed by atoms with Gasteiger partial charge in [0.2, 0.25) is 5.91 Å². The number of nitrogens with zero attached hydrogens (tertiary/aromatic N) is 3. The van der Waals surface area contributed by atoms with Crippen LogP contribution in [0.2, 0.25) is 0 Å². The molecule has 1 aromatic heterocycles. The summed E-state index contributed by atoms with van der Waals surface area (Å²) >= 11 is 0. The van der Waals surface area contributed by atoms with E-state index >= 15 is 0 Å². The standard InChI is InChI=1S/C19H21N3O3/c1-20-13-15(18(24)21(2)19(20)25)10-11-17(23)22-12-6-9-16(22)14-7-4-3-5-8-14/h3-5,7-8,10-11,13,16H,6,9,12H2,1-2H3/b11-10+. The molecule has 130 valence electrons. The van der Waals surface area contributed by atoms with Crippen molar-refractivity contribution in [2.45, 2.75) is 18.9 Å². The summed E-state index contributed by atoms with van der Waals surface area (Å²) in [5, 5.41) is 0. The van der Waals surface area contributed by atoms with Crippen LogP contribution in [0.15, 0.2) is 52.2 Å². The minimum absolute atomic E-state index is 0.0707. The second-order valence-electron chi connectivity index (χ2n) is 6.28. The molecule has 0 spiro atoms. The maximum absolute atomic E-state index is 12.6. The predicted octanol–water partition coefficient (Wildman–Crippen LogP) is 1.46. The molecule has 0 bridgehead atoms. The van der Waals surface area contributed by atoms with Crippen molar-refractivity contribution < 1.29 is 4.79 Å². The van der Waals surface area contributed by atoms with Gasteiger partial charge < -0.3 is 9.47 Å². The lowest BCUT2D eigenvalue weighted by Gasteiger charge is -2.23. The summed E-state index contributed by atoms with van der Waals surface area (Å²) in [6.45, 7) is 0.702. The highest BCUT2D eigenvalue weighted by atomic mass is 16.2. The third-order valence-corrected chi connectivity index (χ3v) is 4.60. The van der Waals surface area contributed by atoms with Crippen molar-refractivity contribution in [3.8, 4) is 0 Å². The van der Waals surface area contributed by atoms with Crippen molar-refractivity contribution in [2.24, 2.45) is 14.1 Å². The molecule has 6 heteroatoms. The Bertz CT molecular complexity index is 925. The molecule has 0 N–H and O–H groups in total. The summed E-state index contributed by atoms with van der Waals surface area (Å²) in [4.78, 5) is 38.3. The summed E-state index contributed by atoms with van der Waals surface area (Å²) in [5.74, 6) is -0.123. The maximum atomic E-state index is 12.6. The molecule has 6 nitrogen and oxygen atoms in total. The van der Waals surface area contributed by atoms with Crippen molar-refractivity contribution in [1.82, 2.24) is 14.0 Å². The number of hydrogen-bond donors (Lipinski definition) is 0. The summed E-state index contributed by atoms with van der Waals surface area (Å²) in [6, 6.07) is 10.0. The summed E-state index contributed by atoms with van der Waals surface area (Å²) in [7, 11) is 3.00. The molecule has 2 heterocycles. The van der Waals surface area contributed by atoms with Crippen molar-refractivity contribution in [3.63, 3.8) is 0 Å². The topological polar surface area (TPSA) is 64.3 Å². The number of benzene rings is 1. The van der Waals surface area contributed by atoms with E-state index in [0.29, 0.717) is 12.1 Å². The quantitative estimate of drug-likeness (QED) is 0.795. The molecule has 1 saturated heterocycles. The van der Waals surface area contributed by atoms with Crippen molar-refractivity contribution in [1.29, 1.82) is 0 Å². The molecule has 3 rings (SSSR count). The highest BCUT2D eigenvalue weighted by molar-refractivity contribution is 5.92. The van der Waals surface area contributed by atoms with Gasteiger partial charge >= 0.3 is 5.69 Å². The molecule has 0 aliphatic carbocycles. The fourth-order valence-corrected chi connectivity index (χ4v) is 3.26. The van der Waals surface area contributed by atoms with E-state index in [9.17, 15) is 14.4 Å². The number of likely N-dealkylation sites (tertiary alicyclic amines) is 1. The van der Waals surface area contributed by atoms with Crippen molar-refractivity contribution in [2.75, 3.05) is 6.54 Å². The number of aryl methyl sites for hydroxylation is 1. The Kier molecular flexibility index (Phi) is 4.70. The Morgan fingerprint density at radius 3 is 2.60 bits per heavy atom. The number of aromatic nitrogens is 2. The molecule has 2 aromatic rings. The van der Waals surface area contributed by atoms with Gasteiger partial charge in [-0.1, -0.05) is 30.3 Å². The lowest BCUT2D eigenvalue weighted by molar-refractivity contribution is -0.126. The lowest BCUT2D eigenvalue weighted by atomic mass is 10.0. The van der Waals surface area contributed by atoms with Gasteiger partial charge in [-0.3, -0.25) is 14.2 Å². The van der Waals surface area contributed by atoms with Crippen molar-refractivity contribution >= 4 is 12.0 Å². The minimum Gasteiger partial charge on any atom is -0.332 e. The fraction of sp³-hybridized carbons (Fsp3) is 0.316. The molecular formula is C19H21N3O3. The van der Waals surface area contributed by atoms with Crippen molar-refractivity contribution in [3.05, 3.63) is 74.6 Å². The molecule has 1 amide bonds. The molecule has 1 unspecified atom stereocenters. The molecule has 0 saturated carbocycles. The van der Waals surface area contributed by atoms with Crippen LogP contribution in [0.25, 0.3) is 6.08 Å². The lowest BCUT2D eigenvalue weighted by Crippen LogP contribution is -2.37. The first-order valence-corrected chi connectivity index (χ1v) is 8.29. The second kappa shape index (κ2) is 6.93. The van der Waals surface area contributed by atoms with E-state index in [1.54, 1.807) is 7.05 Å². The van der Waals surface area contributed by atoms with E-state index < -0.39 is 11.2 Å². The Balaban J connectivity index is 1.84. The minimum atomic E-state index is -0.409. The number of amides is 1. The number of rotatable bonds is 3. The highest BCUT2D eigenvalue weighted by Crippen LogP contribution is 2.31. The highest BCUT2D eigenvalue weighted by Gasteiger charge is 2.28. The number of hydrogen-bond acceptors (Lipinski definition) is 3.